The molecule has 3 heterocycles. The number of carboxylic acid groups (broad SMARTS) is 1. The molecule has 2 aromatic heterocycles. The Kier molecular flexibility index (Phi) is 15.0. The second-order valence-electron chi connectivity index (χ2n) is 14.3. The number of carbonyl (C=O) groups excluding carboxylic acids is 3. The summed E-state index contributed by atoms with van der Waals surface area (Å²) >= 11 is 14.7. The lowest BCUT2D eigenvalue weighted by molar-refractivity contribution is -0.142. The highest BCUT2D eigenvalue weighted by molar-refractivity contribution is 7.99. The molecule has 0 spiro atoms. The van der Waals surface area contributed by atoms with E-state index in [0.717, 1.165) is 16.5 Å². The molecule has 3 aromatic carbocycles. The van der Waals surface area contributed by atoms with Gasteiger partial charge in [0.05, 0.1) is 27.3 Å². The Morgan fingerprint density at radius 3 is 2.44 bits per heavy atom. The average Bonchev–Trinajstić information content (AvgIpc) is 3.64. The number of halogens is 2. The molecule has 3 amide bonds. The Bertz CT molecular complexity index is 2330. The molecule has 0 unspecified atom stereocenters. The van der Waals surface area contributed by atoms with Crippen LogP contribution in [-0.2, 0) is 33.9 Å². The van der Waals surface area contributed by atoms with E-state index in [0.29, 0.717) is 82.5 Å². The zero-order chi connectivity index (χ0) is 42.1. The highest BCUT2D eigenvalue weighted by Crippen LogP contribution is 2.41. The van der Waals surface area contributed by atoms with Crippen LogP contribution in [-0.4, -0.2) is 86.9 Å². The van der Waals surface area contributed by atoms with Gasteiger partial charge < -0.3 is 42.4 Å². The maximum Gasteiger partial charge on any atom is 0.337 e. The van der Waals surface area contributed by atoms with E-state index in [1.54, 1.807) is 43.7 Å². The zero-order valence-electron chi connectivity index (χ0n) is 32.5. The molecular weight excluding hydrogens is 813 g/mol. The molecular formula is C42H47Cl2N9O5S. The summed E-state index contributed by atoms with van der Waals surface area (Å²) in [6.07, 6.45) is 7.53. The van der Waals surface area contributed by atoms with Crippen molar-refractivity contribution in [3.8, 4) is 11.1 Å². The molecule has 3 atom stereocenters. The number of carboxylic acids is 1. The van der Waals surface area contributed by atoms with Crippen LogP contribution in [0.5, 0.6) is 0 Å². The maximum absolute atomic E-state index is 14.7. The van der Waals surface area contributed by atoms with Crippen LogP contribution in [0, 0.1) is 0 Å². The highest BCUT2D eigenvalue weighted by Gasteiger charge is 2.34. The number of aromatic amines is 1. The Labute approximate surface area is 356 Å². The molecule has 59 heavy (non-hydrogen) atoms. The van der Waals surface area contributed by atoms with Gasteiger partial charge in [-0.15, -0.1) is 0 Å². The normalized spacial score (nSPS) is 18.2. The lowest BCUT2D eigenvalue weighted by atomic mass is 9.97. The first kappa shape index (κ1) is 43.5. The molecule has 0 saturated carbocycles. The van der Waals surface area contributed by atoms with E-state index in [2.05, 4.69) is 30.9 Å². The number of benzene rings is 3. The number of para-hydroxylation sites is 1. The van der Waals surface area contributed by atoms with Crippen LogP contribution in [0.3, 0.4) is 0 Å². The number of nitrogens with two attached hydrogens (primary N) is 2. The number of carbonyl (C=O) groups is 4. The Morgan fingerprint density at radius 1 is 0.915 bits per heavy atom. The number of likely N-dealkylation sites (N-methyl/N-ethyl adjacent to an activating group) is 1. The molecule has 0 aliphatic carbocycles. The zero-order valence-corrected chi connectivity index (χ0v) is 34.8. The lowest BCUT2D eigenvalue weighted by Gasteiger charge is -2.32. The van der Waals surface area contributed by atoms with E-state index in [9.17, 15) is 24.3 Å². The van der Waals surface area contributed by atoms with Gasteiger partial charge >= 0.3 is 5.97 Å². The smallest absolute Gasteiger partial charge is 0.337 e. The van der Waals surface area contributed by atoms with Crippen molar-refractivity contribution < 1.29 is 24.3 Å². The third-order valence-electron chi connectivity index (χ3n) is 10.4. The van der Waals surface area contributed by atoms with Crippen LogP contribution < -0.4 is 27.4 Å². The van der Waals surface area contributed by atoms with Crippen molar-refractivity contribution >= 4 is 69.6 Å². The van der Waals surface area contributed by atoms with Gasteiger partial charge in [0.2, 0.25) is 17.7 Å². The van der Waals surface area contributed by atoms with Crippen molar-refractivity contribution in [3.05, 3.63) is 106 Å². The quantitative estimate of drug-likeness (QED) is 0.0846. The molecule has 9 N–H and O–H groups in total. The van der Waals surface area contributed by atoms with Crippen LogP contribution in [0.25, 0.3) is 22.0 Å². The van der Waals surface area contributed by atoms with Crippen molar-refractivity contribution in [1.29, 1.82) is 0 Å². The summed E-state index contributed by atoms with van der Waals surface area (Å²) < 4.78 is 0. The average molecular weight is 861 g/mol. The second-order valence-corrected chi connectivity index (χ2v) is 16.1. The van der Waals surface area contributed by atoms with Crippen LogP contribution in [0.1, 0.15) is 59.3 Å². The van der Waals surface area contributed by atoms with Crippen molar-refractivity contribution in [2.24, 2.45) is 11.5 Å². The fourth-order valence-electron chi connectivity index (χ4n) is 7.17. The van der Waals surface area contributed by atoms with Crippen LogP contribution in [0.2, 0.25) is 10.0 Å². The third-order valence-corrected chi connectivity index (χ3v) is 12.3. The highest BCUT2D eigenvalue weighted by atomic mass is 35.5. The van der Waals surface area contributed by atoms with Crippen LogP contribution >= 0.6 is 35.0 Å². The molecule has 1 aliphatic rings. The van der Waals surface area contributed by atoms with E-state index in [1.807, 2.05) is 30.5 Å². The number of unbranched alkanes of at least 4 members (excludes halogenated alkanes) is 1. The number of fused-ring (bicyclic) bond motifs is 3. The molecule has 310 valence electrons. The molecule has 14 nitrogen and oxygen atoms in total. The standard InChI is InChI=1S/C42H47Cl2N9O5S/c1-53-36(20-25-21-49-32-8-3-2-7-27(25)32)39(55)51-22-29-26(24-11-12-28(42(57)58)31(44)19-24)13-14-30(43)37(29)59-40-35(47-17-18-48-40)23-50-33(10-6-16-46)38(54)52-34(41(53)56)9-4-5-15-45/h2-3,7-8,11-14,17-19,21,33-34,36,49-50H,4-6,9-10,15-16,20,22-23,45-46H2,1H3,(H,51,55)(H,52,54)(H,57,58)/t33-,34-,36-/m0/s1. The predicted molar refractivity (Wildman–Crippen MR) is 229 cm³/mol. The van der Waals surface area contributed by atoms with E-state index in [-0.39, 0.29) is 36.0 Å². The van der Waals surface area contributed by atoms with Gasteiger partial charge in [0.1, 0.15) is 17.1 Å². The summed E-state index contributed by atoms with van der Waals surface area (Å²) in [5.74, 6) is -2.44. The fourth-order valence-corrected chi connectivity index (χ4v) is 8.74. The number of nitrogens with one attached hydrogen (secondary N) is 4. The second kappa shape index (κ2) is 20.3. The number of aromatic nitrogens is 3. The van der Waals surface area contributed by atoms with Crippen molar-refractivity contribution in [2.45, 2.75) is 79.7 Å². The van der Waals surface area contributed by atoms with Crippen molar-refractivity contribution in [2.75, 3.05) is 20.1 Å². The van der Waals surface area contributed by atoms with E-state index in [1.165, 1.54) is 22.7 Å². The molecule has 1 aliphatic heterocycles. The minimum Gasteiger partial charge on any atom is -0.478 e. The summed E-state index contributed by atoms with van der Waals surface area (Å²) in [4.78, 5) is 69.7. The Balaban J connectivity index is 1.49. The maximum atomic E-state index is 14.7. The Hall–Kier alpha value is -5.03. The van der Waals surface area contributed by atoms with E-state index < -0.39 is 35.9 Å². The first-order chi connectivity index (χ1) is 28.5. The van der Waals surface area contributed by atoms with Gasteiger partial charge in [0, 0.05) is 60.9 Å². The number of hydrogen-bond donors (Lipinski definition) is 7. The molecule has 6 rings (SSSR count). The third kappa shape index (κ3) is 10.4. The SMILES string of the molecule is CN1C(=O)[C@H](CCCCN)NC(=O)[C@H](CCCN)NCc2nccnc2Sc2c(Cl)ccc(-c3ccc(C(=O)O)c(Cl)c3)c2CNC(=O)[C@@H]1Cc1c[nH]c2ccccc12. The number of H-pyrrole nitrogens is 1. The first-order valence-corrected chi connectivity index (χ1v) is 20.9. The van der Waals surface area contributed by atoms with Gasteiger partial charge in [0.15, 0.2) is 0 Å². The van der Waals surface area contributed by atoms with Crippen LogP contribution in [0.4, 0.5) is 0 Å². The van der Waals surface area contributed by atoms with Gasteiger partial charge in [0.25, 0.3) is 0 Å². The van der Waals surface area contributed by atoms with Gasteiger partial charge in [-0.05, 0) is 91.7 Å². The molecule has 0 bridgehead atoms. The summed E-state index contributed by atoms with van der Waals surface area (Å²) in [5.41, 5.74) is 15.7. The molecule has 5 aromatic rings. The minimum absolute atomic E-state index is 0.0363. The number of hydrogen-bond acceptors (Lipinski definition) is 10. The van der Waals surface area contributed by atoms with Gasteiger partial charge in [-0.2, -0.15) is 0 Å². The van der Waals surface area contributed by atoms with Gasteiger partial charge in [-0.25, -0.2) is 9.78 Å². The lowest BCUT2D eigenvalue weighted by Crippen LogP contribution is -2.57. The predicted octanol–water partition coefficient (Wildman–Crippen LogP) is 5.29. The molecule has 0 radical (unpaired) electrons. The van der Waals surface area contributed by atoms with Crippen molar-refractivity contribution in [3.63, 3.8) is 0 Å². The molecule has 0 saturated heterocycles. The monoisotopic (exact) mass is 859 g/mol. The summed E-state index contributed by atoms with van der Waals surface area (Å²) in [5, 5.41) is 20.9. The summed E-state index contributed by atoms with van der Waals surface area (Å²) in [7, 11) is 1.58. The van der Waals surface area contributed by atoms with Gasteiger partial charge in [-0.1, -0.05) is 65.3 Å². The number of aromatic carboxylic acids is 1. The molecule has 0 fully saturated rings. The van der Waals surface area contributed by atoms with Gasteiger partial charge in [-0.3, -0.25) is 19.4 Å². The summed E-state index contributed by atoms with van der Waals surface area (Å²) in [6, 6.07) is 13.1. The Morgan fingerprint density at radius 2 is 1.68 bits per heavy atom. The molecule has 17 heteroatoms. The van der Waals surface area contributed by atoms with E-state index >= 15 is 0 Å². The topological polar surface area (TPSA) is 221 Å². The number of nitrogens with zero attached hydrogens (tertiary/aromatic N) is 3. The fraction of sp³-hybridized carbons (Fsp3) is 0.333. The largest absolute Gasteiger partial charge is 0.478 e. The first-order valence-electron chi connectivity index (χ1n) is 19.4. The number of rotatable bonds is 11. The van der Waals surface area contributed by atoms with E-state index in [4.69, 9.17) is 34.7 Å². The minimum atomic E-state index is -1.17. The van der Waals surface area contributed by atoms with Crippen molar-refractivity contribution in [1.82, 2.24) is 35.8 Å². The van der Waals surface area contributed by atoms with Crippen LogP contribution in [0.15, 0.2) is 83.1 Å². The summed E-state index contributed by atoms with van der Waals surface area (Å²) in [6.45, 7) is 0.866. The number of amides is 3.